The third-order valence-corrected chi connectivity index (χ3v) is 4.38. The van der Waals surface area contributed by atoms with Gasteiger partial charge in [-0.25, -0.2) is 4.98 Å². The predicted molar refractivity (Wildman–Crippen MR) is 82.4 cm³/mol. The topological polar surface area (TPSA) is 48.5 Å². The van der Waals surface area contributed by atoms with Crippen molar-refractivity contribution < 1.29 is 13.2 Å². The van der Waals surface area contributed by atoms with Gasteiger partial charge in [0.05, 0.1) is 28.0 Å². The number of rotatable bonds is 2. The lowest BCUT2D eigenvalue weighted by Gasteiger charge is -2.11. The number of hydrogen-bond acceptors (Lipinski definition) is 3. The van der Waals surface area contributed by atoms with Gasteiger partial charge in [-0.1, -0.05) is 0 Å². The maximum atomic E-state index is 13.7. The van der Waals surface area contributed by atoms with Crippen LogP contribution in [0.5, 0.6) is 0 Å². The molecule has 0 spiro atoms. The Kier molecular flexibility index (Phi) is 3.04. The van der Waals surface area contributed by atoms with Gasteiger partial charge in [0.1, 0.15) is 0 Å². The third-order valence-electron chi connectivity index (χ3n) is 4.38. The van der Waals surface area contributed by atoms with Gasteiger partial charge < -0.3 is 0 Å². The molecule has 126 valence electrons. The van der Waals surface area contributed by atoms with E-state index in [9.17, 15) is 13.2 Å². The van der Waals surface area contributed by atoms with Crippen molar-refractivity contribution in [1.29, 1.82) is 0 Å². The first-order valence-electron chi connectivity index (χ1n) is 7.71. The number of aryl methyl sites for hydroxylation is 3. The van der Waals surface area contributed by atoms with Gasteiger partial charge in [0.15, 0.2) is 5.65 Å². The fraction of sp³-hybridized carbons (Fsp3) is 0.438. The molecule has 1 aliphatic rings. The van der Waals surface area contributed by atoms with Gasteiger partial charge in [-0.05, 0) is 25.8 Å². The molecule has 0 bridgehead atoms. The lowest BCUT2D eigenvalue weighted by Crippen LogP contribution is -2.08. The number of alkyl halides is 3. The van der Waals surface area contributed by atoms with Crippen molar-refractivity contribution in [3.63, 3.8) is 0 Å². The van der Waals surface area contributed by atoms with Crippen LogP contribution < -0.4 is 0 Å². The minimum absolute atomic E-state index is 0.113. The Morgan fingerprint density at radius 2 is 1.88 bits per heavy atom. The maximum absolute atomic E-state index is 13.7. The predicted octanol–water partition coefficient (Wildman–Crippen LogP) is 3.57. The van der Waals surface area contributed by atoms with Crippen molar-refractivity contribution in [2.45, 2.75) is 31.9 Å². The van der Waals surface area contributed by atoms with Crippen molar-refractivity contribution in [1.82, 2.24) is 24.5 Å². The molecular weight excluding hydrogens is 319 g/mol. The molecular formula is C16H16F3N5. The number of fused-ring (bicyclic) bond motifs is 1. The number of aromatic nitrogens is 5. The van der Waals surface area contributed by atoms with Crippen LogP contribution in [0.3, 0.4) is 0 Å². The summed E-state index contributed by atoms with van der Waals surface area (Å²) in [5.74, 6) is 0.113. The summed E-state index contributed by atoms with van der Waals surface area (Å²) in [5.41, 5.74) is 1.62. The Balaban J connectivity index is 2.05. The number of hydrogen-bond donors (Lipinski definition) is 0. The van der Waals surface area contributed by atoms with Crippen LogP contribution >= 0.6 is 0 Å². The Morgan fingerprint density at radius 1 is 1.17 bits per heavy atom. The summed E-state index contributed by atoms with van der Waals surface area (Å²) in [6.45, 7) is 1.76. The molecule has 8 heteroatoms. The van der Waals surface area contributed by atoms with E-state index in [1.807, 2.05) is 0 Å². The normalized spacial score (nSPS) is 15.4. The fourth-order valence-corrected chi connectivity index (χ4v) is 3.13. The van der Waals surface area contributed by atoms with Crippen molar-refractivity contribution in [3.05, 3.63) is 29.2 Å². The quantitative estimate of drug-likeness (QED) is 0.719. The molecule has 3 aromatic rings. The van der Waals surface area contributed by atoms with Gasteiger partial charge in [-0.15, -0.1) is 0 Å². The van der Waals surface area contributed by atoms with Crippen LogP contribution in [0.2, 0.25) is 0 Å². The minimum atomic E-state index is -4.46. The van der Waals surface area contributed by atoms with Gasteiger partial charge in [-0.2, -0.15) is 23.4 Å². The van der Waals surface area contributed by atoms with Crippen molar-refractivity contribution >= 4 is 11.0 Å². The van der Waals surface area contributed by atoms with Gasteiger partial charge in [0.25, 0.3) is 0 Å². The van der Waals surface area contributed by atoms with Crippen LogP contribution in [-0.4, -0.2) is 24.5 Å². The summed E-state index contributed by atoms with van der Waals surface area (Å²) in [6.07, 6.45) is -1.01. The standard InChI is InChI=1S/C16H16F3N5/c1-8-10(7-23(2)21-8)12-6-11(16(17,18)19)13-14(9-4-5-9)22-24(3)15(13)20-12/h6-7,9H,4-5H2,1-3H3. The van der Waals surface area contributed by atoms with E-state index in [1.54, 1.807) is 31.9 Å². The zero-order valence-electron chi connectivity index (χ0n) is 13.5. The molecule has 1 fully saturated rings. The first kappa shape index (κ1) is 15.2. The number of halogens is 3. The van der Waals surface area contributed by atoms with Gasteiger partial charge in [-0.3, -0.25) is 9.36 Å². The molecule has 1 aliphatic carbocycles. The van der Waals surface area contributed by atoms with Crippen LogP contribution in [0.25, 0.3) is 22.3 Å². The van der Waals surface area contributed by atoms with Crippen LogP contribution in [0.1, 0.15) is 35.7 Å². The van der Waals surface area contributed by atoms with Crippen LogP contribution in [0.4, 0.5) is 13.2 Å². The molecule has 0 N–H and O–H groups in total. The molecule has 0 aliphatic heterocycles. The van der Waals surface area contributed by atoms with Crippen LogP contribution in [0.15, 0.2) is 12.3 Å². The van der Waals surface area contributed by atoms with Gasteiger partial charge >= 0.3 is 6.18 Å². The smallest absolute Gasteiger partial charge is 0.275 e. The zero-order valence-corrected chi connectivity index (χ0v) is 13.5. The highest BCUT2D eigenvalue weighted by Gasteiger charge is 2.39. The lowest BCUT2D eigenvalue weighted by atomic mass is 10.0. The molecule has 0 radical (unpaired) electrons. The lowest BCUT2D eigenvalue weighted by molar-refractivity contribution is -0.136. The highest BCUT2D eigenvalue weighted by Crippen LogP contribution is 2.46. The summed E-state index contributed by atoms with van der Waals surface area (Å²) < 4.78 is 44.1. The molecule has 3 heterocycles. The summed E-state index contributed by atoms with van der Waals surface area (Å²) in [5, 5.41) is 8.66. The summed E-state index contributed by atoms with van der Waals surface area (Å²) in [4.78, 5) is 4.47. The van der Waals surface area contributed by atoms with Crippen molar-refractivity contribution in [2.24, 2.45) is 14.1 Å². The summed E-state index contributed by atoms with van der Waals surface area (Å²) >= 11 is 0. The van der Waals surface area contributed by atoms with E-state index in [2.05, 4.69) is 15.2 Å². The molecule has 0 aromatic carbocycles. The first-order chi connectivity index (χ1) is 11.3. The molecule has 3 aromatic heterocycles. The molecule has 0 atom stereocenters. The first-order valence-corrected chi connectivity index (χ1v) is 7.71. The largest absolute Gasteiger partial charge is 0.417 e. The second kappa shape index (κ2) is 4.81. The van der Waals surface area contributed by atoms with Crippen molar-refractivity contribution in [3.8, 4) is 11.3 Å². The van der Waals surface area contributed by atoms with E-state index in [0.717, 1.165) is 18.9 Å². The summed E-state index contributed by atoms with van der Waals surface area (Å²) in [7, 11) is 3.37. The van der Waals surface area contributed by atoms with E-state index < -0.39 is 11.7 Å². The fourth-order valence-electron chi connectivity index (χ4n) is 3.13. The monoisotopic (exact) mass is 335 g/mol. The average Bonchev–Trinajstić information content (AvgIpc) is 3.20. The van der Waals surface area contributed by atoms with Gasteiger partial charge in [0, 0.05) is 31.8 Å². The zero-order chi connectivity index (χ0) is 17.2. The average molecular weight is 335 g/mol. The molecule has 0 amide bonds. The molecule has 4 rings (SSSR count). The molecule has 0 saturated heterocycles. The molecule has 24 heavy (non-hydrogen) atoms. The second-order valence-corrected chi connectivity index (χ2v) is 6.34. The van der Waals surface area contributed by atoms with Crippen molar-refractivity contribution in [2.75, 3.05) is 0 Å². The van der Waals surface area contributed by atoms with E-state index in [1.165, 1.54) is 4.68 Å². The highest BCUT2D eigenvalue weighted by molar-refractivity contribution is 5.86. The highest BCUT2D eigenvalue weighted by atomic mass is 19.4. The number of nitrogens with zero attached hydrogens (tertiary/aromatic N) is 5. The van der Waals surface area contributed by atoms with E-state index in [4.69, 9.17) is 0 Å². The Hall–Kier alpha value is -2.38. The Morgan fingerprint density at radius 3 is 2.42 bits per heavy atom. The Bertz CT molecular complexity index is 947. The van der Waals surface area contributed by atoms with E-state index >= 15 is 0 Å². The molecule has 5 nitrogen and oxygen atoms in total. The van der Waals surface area contributed by atoms with Gasteiger partial charge in [0.2, 0.25) is 0 Å². The molecule has 1 saturated carbocycles. The molecule has 0 unspecified atom stereocenters. The number of pyridine rings is 1. The van der Waals surface area contributed by atoms with E-state index in [-0.39, 0.29) is 22.6 Å². The minimum Gasteiger partial charge on any atom is -0.275 e. The van der Waals surface area contributed by atoms with Crippen LogP contribution in [-0.2, 0) is 20.3 Å². The third kappa shape index (κ3) is 2.28. The maximum Gasteiger partial charge on any atom is 0.417 e. The second-order valence-electron chi connectivity index (χ2n) is 6.34. The Labute approximate surface area is 136 Å². The van der Waals surface area contributed by atoms with Crippen LogP contribution in [0, 0.1) is 6.92 Å². The van der Waals surface area contributed by atoms with E-state index in [0.29, 0.717) is 17.0 Å². The summed E-state index contributed by atoms with van der Waals surface area (Å²) in [6, 6.07) is 1.12. The SMILES string of the molecule is Cc1nn(C)cc1-c1cc(C(F)(F)F)c2c(C3CC3)nn(C)c2n1.